The smallest absolute Gasteiger partial charge is 0.0100 e. The first-order valence-electron chi connectivity index (χ1n) is 6.07. The molecule has 0 bridgehead atoms. The van der Waals surface area contributed by atoms with E-state index in [1.165, 1.54) is 11.1 Å². The van der Waals surface area contributed by atoms with E-state index in [1.807, 2.05) is 0 Å². The Balaban J connectivity index is 2.88. The van der Waals surface area contributed by atoms with E-state index in [0.29, 0.717) is 0 Å². The molecule has 0 radical (unpaired) electrons. The van der Waals surface area contributed by atoms with Gasteiger partial charge in [0.1, 0.15) is 0 Å². The molecule has 0 unspecified atom stereocenters. The number of nitrogens with two attached hydrogens (primary N) is 1. The summed E-state index contributed by atoms with van der Waals surface area (Å²) in [5, 5.41) is 0. The first-order chi connectivity index (χ1) is 7.20. The van der Waals surface area contributed by atoms with Gasteiger partial charge in [0.05, 0.1) is 0 Å². The van der Waals surface area contributed by atoms with Crippen molar-refractivity contribution in [1.82, 2.24) is 0 Å². The molecule has 0 saturated heterocycles. The quantitative estimate of drug-likeness (QED) is 0.825. The van der Waals surface area contributed by atoms with Crippen molar-refractivity contribution in [3.63, 3.8) is 0 Å². The molecule has 0 aromatic heterocycles. The third-order valence-electron chi connectivity index (χ3n) is 2.86. The average molecular weight is 219 g/mol. The van der Waals surface area contributed by atoms with Crippen molar-refractivity contribution in [3.8, 4) is 0 Å². The van der Waals surface area contributed by atoms with Gasteiger partial charge in [-0.15, -0.1) is 0 Å². The molecule has 0 amide bonds. The predicted octanol–water partition coefficient (Wildman–Crippen LogP) is 3.65. The van der Waals surface area contributed by atoms with Gasteiger partial charge in [0, 0.05) is 5.54 Å². The van der Waals surface area contributed by atoms with Crippen molar-refractivity contribution >= 4 is 0 Å². The minimum Gasteiger partial charge on any atom is -0.326 e. The van der Waals surface area contributed by atoms with E-state index in [0.717, 1.165) is 12.8 Å². The summed E-state index contributed by atoms with van der Waals surface area (Å²) in [7, 11) is 0. The molecule has 0 aliphatic carbocycles. The summed E-state index contributed by atoms with van der Waals surface area (Å²) in [4.78, 5) is 0. The molecule has 1 rings (SSSR count). The van der Waals surface area contributed by atoms with Gasteiger partial charge in [-0.2, -0.15) is 0 Å². The van der Waals surface area contributed by atoms with Crippen molar-refractivity contribution in [2.75, 3.05) is 0 Å². The van der Waals surface area contributed by atoms with E-state index in [1.54, 1.807) is 0 Å². The molecule has 2 N–H and O–H groups in total. The van der Waals surface area contributed by atoms with Crippen LogP contribution in [-0.2, 0) is 11.8 Å². The van der Waals surface area contributed by atoms with Gasteiger partial charge < -0.3 is 5.73 Å². The minimum absolute atomic E-state index is 0.0784. The van der Waals surface area contributed by atoms with Gasteiger partial charge in [-0.1, -0.05) is 45.0 Å². The number of hydrogen-bond donors (Lipinski definition) is 1. The molecule has 0 aliphatic rings. The Bertz CT molecular complexity index is 339. The van der Waals surface area contributed by atoms with Crippen molar-refractivity contribution in [2.24, 2.45) is 5.73 Å². The monoisotopic (exact) mass is 219 g/mol. The molecule has 0 fully saturated rings. The highest BCUT2D eigenvalue weighted by molar-refractivity contribution is 5.33. The predicted molar refractivity (Wildman–Crippen MR) is 71.7 cm³/mol. The highest BCUT2D eigenvalue weighted by Gasteiger charge is 2.18. The van der Waals surface area contributed by atoms with Gasteiger partial charge in [0.15, 0.2) is 0 Å². The van der Waals surface area contributed by atoms with Crippen LogP contribution >= 0.6 is 0 Å². The van der Waals surface area contributed by atoms with E-state index < -0.39 is 0 Å². The van der Waals surface area contributed by atoms with Crippen LogP contribution in [0.25, 0.3) is 0 Å². The molecule has 1 aromatic carbocycles. The summed E-state index contributed by atoms with van der Waals surface area (Å²) in [6.07, 6.45) is 2.09. The molecule has 1 nitrogen and oxygen atoms in total. The van der Waals surface area contributed by atoms with Gasteiger partial charge in [-0.3, -0.25) is 0 Å². The maximum atomic E-state index is 6.04. The zero-order chi connectivity index (χ0) is 12.4. The van der Waals surface area contributed by atoms with Gasteiger partial charge in [0.2, 0.25) is 0 Å². The Labute approximate surface area is 100 Å². The maximum absolute atomic E-state index is 6.04. The lowest BCUT2D eigenvalue weighted by Gasteiger charge is -2.25. The normalized spacial score (nSPS) is 12.9. The average Bonchev–Trinajstić information content (AvgIpc) is 2.12. The summed E-state index contributed by atoms with van der Waals surface area (Å²) in [5.74, 6) is 0. The van der Waals surface area contributed by atoms with Gasteiger partial charge in [-0.05, 0) is 43.2 Å². The van der Waals surface area contributed by atoms with E-state index in [-0.39, 0.29) is 11.0 Å². The lowest BCUT2D eigenvalue weighted by molar-refractivity contribution is 0.472. The standard InChI is InChI=1S/C15H25N/c1-14(2,3)13-9-7-6-8-12(13)10-11-15(4,5)16/h6-9H,10-11,16H2,1-5H3. The fourth-order valence-corrected chi connectivity index (χ4v) is 1.93. The van der Waals surface area contributed by atoms with Crippen LogP contribution in [-0.4, -0.2) is 5.54 Å². The third kappa shape index (κ3) is 3.97. The second kappa shape index (κ2) is 4.58. The van der Waals surface area contributed by atoms with Crippen LogP contribution in [0.5, 0.6) is 0 Å². The third-order valence-corrected chi connectivity index (χ3v) is 2.86. The van der Waals surface area contributed by atoms with Crippen molar-refractivity contribution in [2.45, 2.75) is 58.4 Å². The van der Waals surface area contributed by atoms with E-state index in [4.69, 9.17) is 5.73 Å². The maximum Gasteiger partial charge on any atom is 0.0100 e. The molecule has 0 atom stereocenters. The molecular weight excluding hydrogens is 194 g/mol. The van der Waals surface area contributed by atoms with Gasteiger partial charge >= 0.3 is 0 Å². The number of aryl methyl sites for hydroxylation is 1. The Morgan fingerprint density at radius 2 is 1.56 bits per heavy atom. The Kier molecular flexibility index (Phi) is 3.80. The van der Waals surface area contributed by atoms with Crippen LogP contribution < -0.4 is 5.73 Å². The summed E-state index contributed by atoms with van der Waals surface area (Å²) >= 11 is 0. The van der Waals surface area contributed by atoms with Gasteiger partial charge in [-0.25, -0.2) is 0 Å². The molecule has 0 aliphatic heterocycles. The van der Waals surface area contributed by atoms with Crippen molar-refractivity contribution in [3.05, 3.63) is 35.4 Å². The lowest BCUT2D eigenvalue weighted by atomic mass is 9.81. The molecule has 16 heavy (non-hydrogen) atoms. The first-order valence-corrected chi connectivity index (χ1v) is 6.07. The second-order valence-corrected chi connectivity index (χ2v) is 6.40. The summed E-state index contributed by atoms with van der Waals surface area (Å²) in [6, 6.07) is 8.71. The van der Waals surface area contributed by atoms with Crippen LogP contribution in [0.1, 0.15) is 52.2 Å². The number of rotatable bonds is 3. The zero-order valence-corrected chi connectivity index (χ0v) is 11.3. The van der Waals surface area contributed by atoms with E-state index >= 15 is 0 Å². The second-order valence-electron chi connectivity index (χ2n) is 6.40. The summed E-state index contributed by atoms with van der Waals surface area (Å²) in [6.45, 7) is 11.0. The van der Waals surface area contributed by atoms with Crippen LogP contribution in [0.2, 0.25) is 0 Å². The van der Waals surface area contributed by atoms with E-state index in [9.17, 15) is 0 Å². The zero-order valence-electron chi connectivity index (χ0n) is 11.3. The Morgan fingerprint density at radius 1 is 1.00 bits per heavy atom. The molecule has 1 aromatic rings. The van der Waals surface area contributed by atoms with Crippen molar-refractivity contribution in [1.29, 1.82) is 0 Å². The minimum atomic E-state index is -0.0784. The van der Waals surface area contributed by atoms with Crippen LogP contribution in [0.3, 0.4) is 0 Å². The molecule has 1 heteroatoms. The fourth-order valence-electron chi connectivity index (χ4n) is 1.93. The molecule has 0 spiro atoms. The lowest BCUT2D eigenvalue weighted by Crippen LogP contribution is -2.32. The molecule has 0 saturated carbocycles. The largest absolute Gasteiger partial charge is 0.326 e. The van der Waals surface area contributed by atoms with E-state index in [2.05, 4.69) is 58.9 Å². The van der Waals surface area contributed by atoms with Gasteiger partial charge in [0.25, 0.3) is 0 Å². The van der Waals surface area contributed by atoms with Crippen LogP contribution in [0, 0.1) is 0 Å². The Hall–Kier alpha value is -0.820. The first kappa shape index (κ1) is 13.2. The molecular formula is C15H25N. The molecule has 0 heterocycles. The number of benzene rings is 1. The summed E-state index contributed by atoms with van der Waals surface area (Å²) in [5.41, 5.74) is 9.06. The van der Waals surface area contributed by atoms with Crippen molar-refractivity contribution < 1.29 is 0 Å². The summed E-state index contributed by atoms with van der Waals surface area (Å²) < 4.78 is 0. The van der Waals surface area contributed by atoms with Crippen LogP contribution in [0.4, 0.5) is 0 Å². The molecule has 90 valence electrons. The topological polar surface area (TPSA) is 26.0 Å². The Morgan fingerprint density at radius 3 is 2.06 bits per heavy atom. The fraction of sp³-hybridized carbons (Fsp3) is 0.600. The number of hydrogen-bond acceptors (Lipinski definition) is 1. The SMILES string of the molecule is CC(C)(N)CCc1ccccc1C(C)(C)C. The highest BCUT2D eigenvalue weighted by Crippen LogP contribution is 2.27. The highest BCUT2D eigenvalue weighted by atomic mass is 14.7. The van der Waals surface area contributed by atoms with Crippen LogP contribution in [0.15, 0.2) is 24.3 Å².